The Kier molecular flexibility index (Phi) is 7.32. The lowest BCUT2D eigenvalue weighted by atomic mass is 9.85. The van der Waals surface area contributed by atoms with Crippen LogP contribution in [0.4, 0.5) is 13.6 Å². The van der Waals surface area contributed by atoms with Crippen molar-refractivity contribution in [2.75, 3.05) is 13.2 Å². The van der Waals surface area contributed by atoms with Crippen LogP contribution >= 0.6 is 11.8 Å². The highest BCUT2D eigenvalue weighted by Crippen LogP contribution is 2.66. The Labute approximate surface area is 206 Å². The number of thioether (sulfide) groups is 1. The molecule has 1 heterocycles. The second-order valence-corrected chi connectivity index (χ2v) is 18.8. The van der Waals surface area contributed by atoms with Gasteiger partial charge >= 0.3 is 6.09 Å². The lowest BCUT2D eigenvalue weighted by Gasteiger charge is -2.42. The number of nitrogens with zero attached hydrogens (tertiary/aromatic N) is 2. The van der Waals surface area contributed by atoms with E-state index >= 15 is 0 Å². The van der Waals surface area contributed by atoms with Crippen LogP contribution in [0.5, 0.6) is 0 Å². The van der Waals surface area contributed by atoms with Crippen LogP contribution in [0.25, 0.3) is 0 Å². The summed E-state index contributed by atoms with van der Waals surface area (Å²) in [6, 6.07) is 4.92. The van der Waals surface area contributed by atoms with Gasteiger partial charge in [0.1, 0.15) is 6.23 Å². The van der Waals surface area contributed by atoms with Gasteiger partial charge in [-0.1, -0.05) is 64.3 Å². The first-order chi connectivity index (χ1) is 15.6. The first kappa shape index (κ1) is 27.1. The number of hydrogen-bond acceptors (Lipinski definition) is 5. The van der Waals surface area contributed by atoms with Gasteiger partial charge in [-0.15, -0.1) is 0 Å². The van der Waals surface area contributed by atoms with Gasteiger partial charge in [0, 0.05) is 42.9 Å². The molecule has 0 bridgehead atoms. The Morgan fingerprint density at radius 2 is 2.03 bits per heavy atom. The first-order valence-electron chi connectivity index (χ1n) is 11.6. The third-order valence-corrected chi connectivity index (χ3v) is 9.88. The highest BCUT2D eigenvalue weighted by molar-refractivity contribution is 8.15. The molecule has 4 atom stereocenters. The van der Waals surface area contributed by atoms with Crippen molar-refractivity contribution in [1.29, 1.82) is 0 Å². The van der Waals surface area contributed by atoms with Crippen LogP contribution in [0.1, 0.15) is 39.7 Å². The van der Waals surface area contributed by atoms with E-state index in [1.165, 1.54) is 23.9 Å². The zero-order valence-electron chi connectivity index (χ0n) is 21.1. The molecule has 190 valence electrons. The van der Waals surface area contributed by atoms with Crippen LogP contribution in [-0.2, 0) is 10.3 Å². The predicted molar refractivity (Wildman–Crippen MR) is 136 cm³/mol. The lowest BCUT2D eigenvalue weighted by Crippen LogP contribution is -2.53. The van der Waals surface area contributed by atoms with Crippen molar-refractivity contribution in [2.45, 2.75) is 76.3 Å². The molecule has 10 heteroatoms. The van der Waals surface area contributed by atoms with Gasteiger partial charge in [-0.2, -0.15) is 0 Å². The molecule has 1 aromatic carbocycles. The fraction of sp³-hybridized carbons (Fsp3) is 0.667. The highest BCUT2D eigenvalue weighted by atomic mass is 32.2. The summed E-state index contributed by atoms with van der Waals surface area (Å²) < 4.78 is 34.8. The number of amides is 1. The molecule has 1 fully saturated rings. The average molecular weight is 514 g/mol. The Bertz CT molecular complexity index is 981. The number of carbonyl (C=O) groups is 1. The lowest BCUT2D eigenvalue weighted by molar-refractivity contribution is -0.0761. The van der Waals surface area contributed by atoms with E-state index in [0.29, 0.717) is 13.0 Å². The Balaban J connectivity index is 2.08. The zero-order valence-corrected chi connectivity index (χ0v) is 22.9. The van der Waals surface area contributed by atoms with Crippen molar-refractivity contribution in [1.82, 2.24) is 4.90 Å². The largest absolute Gasteiger partial charge is 0.465 e. The number of ether oxygens (including phenoxy) is 1. The van der Waals surface area contributed by atoms with Crippen LogP contribution in [0.2, 0.25) is 25.7 Å². The highest BCUT2D eigenvalue weighted by Gasteiger charge is 2.67. The standard InChI is InChI=1S/C24H37F2N3O3SSi/c1-22(2,3)19(32-11-12-34(5,6)7)29(21(30)31)20-28-23(4,17-13-24(17,14-27)33-20)15-9-8-10-16(25)18(15)26/h8-10,17,19H,11-14,27H2,1-7H3,(H,30,31)/t17-,19?,23+,24+/m0/s1. The molecule has 1 aromatic rings. The minimum Gasteiger partial charge on any atom is -0.465 e. The number of nitrogens with two attached hydrogens (primary N) is 1. The van der Waals surface area contributed by atoms with Crippen LogP contribution in [0.3, 0.4) is 0 Å². The molecule has 0 spiro atoms. The number of benzene rings is 1. The molecule has 34 heavy (non-hydrogen) atoms. The first-order valence-corrected chi connectivity index (χ1v) is 16.2. The van der Waals surface area contributed by atoms with Crippen LogP contribution in [-0.4, -0.2) is 53.5 Å². The molecule has 6 nitrogen and oxygen atoms in total. The average Bonchev–Trinajstić information content (AvgIpc) is 3.43. The molecule has 2 aliphatic rings. The van der Waals surface area contributed by atoms with Gasteiger partial charge in [0.25, 0.3) is 0 Å². The van der Waals surface area contributed by atoms with E-state index in [0.717, 1.165) is 17.0 Å². The van der Waals surface area contributed by atoms with Gasteiger partial charge in [0.2, 0.25) is 0 Å². The second-order valence-electron chi connectivity index (χ2n) is 11.8. The molecule has 3 N–H and O–H groups in total. The summed E-state index contributed by atoms with van der Waals surface area (Å²) >= 11 is 1.32. The molecular weight excluding hydrogens is 476 g/mol. The van der Waals surface area contributed by atoms with Gasteiger partial charge in [-0.3, -0.25) is 4.99 Å². The molecule has 0 aromatic heterocycles. The Morgan fingerprint density at radius 3 is 2.56 bits per heavy atom. The maximum Gasteiger partial charge on any atom is 0.415 e. The van der Waals surface area contributed by atoms with Crippen LogP contribution in [0, 0.1) is 23.0 Å². The van der Waals surface area contributed by atoms with E-state index in [2.05, 4.69) is 19.6 Å². The quantitative estimate of drug-likeness (QED) is 0.360. The van der Waals surface area contributed by atoms with Gasteiger partial charge < -0.3 is 15.6 Å². The Hall–Kier alpha value is -1.49. The summed E-state index contributed by atoms with van der Waals surface area (Å²) in [7, 11) is -1.41. The van der Waals surface area contributed by atoms with Crippen molar-refractivity contribution in [3.05, 3.63) is 35.4 Å². The number of rotatable bonds is 7. The zero-order chi connectivity index (χ0) is 25.7. The van der Waals surface area contributed by atoms with Crippen molar-refractivity contribution in [3.63, 3.8) is 0 Å². The smallest absolute Gasteiger partial charge is 0.415 e. The molecule has 1 aliphatic carbocycles. The number of aliphatic imine (C=N–C) groups is 1. The van der Waals surface area contributed by atoms with E-state index < -0.39 is 47.7 Å². The topological polar surface area (TPSA) is 88.1 Å². The van der Waals surface area contributed by atoms with E-state index in [-0.39, 0.29) is 23.2 Å². The van der Waals surface area contributed by atoms with Crippen LogP contribution in [0.15, 0.2) is 23.2 Å². The van der Waals surface area contributed by atoms with Crippen molar-refractivity contribution < 1.29 is 23.4 Å². The third-order valence-electron chi connectivity index (χ3n) is 6.68. The molecule has 1 aliphatic heterocycles. The molecular formula is C24H37F2N3O3SSi. The fourth-order valence-electron chi connectivity index (χ4n) is 4.58. The molecule has 0 saturated heterocycles. The van der Waals surface area contributed by atoms with E-state index in [1.54, 1.807) is 6.92 Å². The summed E-state index contributed by atoms with van der Waals surface area (Å²) in [5.74, 6) is -2.05. The predicted octanol–water partition coefficient (Wildman–Crippen LogP) is 5.71. The Morgan fingerprint density at radius 1 is 1.38 bits per heavy atom. The fourth-order valence-corrected chi connectivity index (χ4v) is 6.88. The van der Waals surface area contributed by atoms with Gasteiger partial charge in [0.05, 0.1) is 5.54 Å². The summed E-state index contributed by atoms with van der Waals surface area (Å²) in [5.41, 5.74) is 4.54. The molecule has 0 radical (unpaired) electrons. The van der Waals surface area contributed by atoms with Crippen molar-refractivity contribution >= 4 is 31.1 Å². The normalized spacial score (nSPS) is 27.6. The minimum absolute atomic E-state index is 0.114. The molecule has 1 unspecified atom stereocenters. The number of fused-ring (bicyclic) bond motifs is 1. The maximum atomic E-state index is 14.9. The van der Waals surface area contributed by atoms with E-state index in [1.807, 2.05) is 20.8 Å². The molecule has 1 saturated carbocycles. The molecule has 3 rings (SSSR count). The minimum atomic E-state index is -1.41. The number of amidine groups is 1. The second kappa shape index (κ2) is 9.18. The van der Waals surface area contributed by atoms with Gasteiger partial charge in [-0.25, -0.2) is 18.5 Å². The summed E-state index contributed by atoms with van der Waals surface area (Å²) in [5, 5.41) is 10.5. The van der Waals surface area contributed by atoms with Crippen molar-refractivity contribution in [2.24, 2.45) is 22.1 Å². The monoisotopic (exact) mass is 513 g/mol. The molecule has 1 amide bonds. The number of halogens is 2. The van der Waals surface area contributed by atoms with Gasteiger partial charge in [-0.05, 0) is 25.5 Å². The van der Waals surface area contributed by atoms with E-state index in [9.17, 15) is 18.7 Å². The van der Waals surface area contributed by atoms with Crippen LogP contribution < -0.4 is 5.73 Å². The summed E-state index contributed by atoms with van der Waals surface area (Å²) in [6.45, 7) is 14.9. The van der Waals surface area contributed by atoms with Gasteiger partial charge in [0.15, 0.2) is 16.8 Å². The van der Waals surface area contributed by atoms with E-state index in [4.69, 9.17) is 15.5 Å². The third kappa shape index (κ3) is 5.19. The SMILES string of the molecule is CC(C)(C)C(OCC[Si](C)(C)C)N(C(=O)O)C1=N[C@](C)(c2cccc(F)c2F)[C@@H]2C[C@]2(CN)S1. The summed E-state index contributed by atoms with van der Waals surface area (Å²) in [6.07, 6.45) is -1.37. The number of hydrogen-bond donors (Lipinski definition) is 2. The van der Waals surface area contributed by atoms with Crippen molar-refractivity contribution in [3.8, 4) is 0 Å². The summed E-state index contributed by atoms with van der Waals surface area (Å²) in [4.78, 5) is 18.6. The maximum absolute atomic E-state index is 14.9. The number of carboxylic acid groups (broad SMARTS) is 1.